The smallest absolute Gasteiger partial charge is 0.270 e. The topological polar surface area (TPSA) is 69.1 Å². The van der Waals surface area contributed by atoms with Gasteiger partial charge in [-0.25, -0.2) is 0 Å². The van der Waals surface area contributed by atoms with Gasteiger partial charge in [-0.3, -0.25) is 4.79 Å². The molecule has 54 valence electrons. The Bertz CT molecular complexity index is 246. The van der Waals surface area contributed by atoms with Crippen LogP contribution in [0.3, 0.4) is 0 Å². The van der Waals surface area contributed by atoms with Crippen LogP contribution >= 0.6 is 11.8 Å². The summed E-state index contributed by atoms with van der Waals surface area (Å²) in [5.41, 5.74) is 5.08. The predicted molar refractivity (Wildman–Crippen MR) is 36.8 cm³/mol. The third kappa shape index (κ3) is 1.30. The minimum atomic E-state index is -0.566. The van der Waals surface area contributed by atoms with Gasteiger partial charge in [0.1, 0.15) is 0 Å². The summed E-state index contributed by atoms with van der Waals surface area (Å²) in [5.74, 6) is -0.566. The largest absolute Gasteiger partial charge is 0.364 e. The van der Waals surface area contributed by atoms with Crippen LogP contribution in [0.15, 0.2) is 15.7 Å². The lowest BCUT2D eigenvalue weighted by Gasteiger charge is -1.78. The summed E-state index contributed by atoms with van der Waals surface area (Å²) in [6, 6.07) is 1.51. The summed E-state index contributed by atoms with van der Waals surface area (Å²) in [4.78, 5) is 10.4. The Labute approximate surface area is 61.8 Å². The summed E-state index contributed by atoms with van der Waals surface area (Å²) in [6.45, 7) is 0. The van der Waals surface area contributed by atoms with Crippen molar-refractivity contribution in [3.63, 3.8) is 0 Å². The first-order valence-corrected chi connectivity index (χ1v) is 3.77. The molecule has 10 heavy (non-hydrogen) atoms. The molecule has 2 N–H and O–H groups in total. The zero-order valence-corrected chi connectivity index (χ0v) is 6.14. The Balaban J connectivity index is 2.88. The van der Waals surface area contributed by atoms with E-state index in [0.29, 0.717) is 5.09 Å². The van der Waals surface area contributed by atoms with E-state index in [9.17, 15) is 4.79 Å². The normalized spacial score (nSPS) is 9.70. The number of carbonyl (C=O) groups is 1. The van der Waals surface area contributed by atoms with Crippen LogP contribution in [-0.4, -0.2) is 17.3 Å². The summed E-state index contributed by atoms with van der Waals surface area (Å²) >= 11 is 1.37. The number of nitrogens with zero attached hydrogens (tertiary/aromatic N) is 1. The van der Waals surface area contributed by atoms with Gasteiger partial charge < -0.3 is 10.3 Å². The highest BCUT2D eigenvalue weighted by atomic mass is 32.2. The minimum absolute atomic E-state index is 0.171. The Kier molecular flexibility index (Phi) is 1.96. The van der Waals surface area contributed by atoms with Crippen molar-refractivity contribution in [1.82, 2.24) is 5.16 Å². The number of thioether (sulfide) groups is 1. The van der Waals surface area contributed by atoms with Gasteiger partial charge in [0.05, 0.1) is 0 Å². The molecule has 1 aromatic heterocycles. The van der Waals surface area contributed by atoms with E-state index >= 15 is 0 Å². The van der Waals surface area contributed by atoms with Crippen molar-refractivity contribution >= 4 is 17.7 Å². The second-order valence-electron chi connectivity index (χ2n) is 1.60. The quantitative estimate of drug-likeness (QED) is 0.636. The van der Waals surface area contributed by atoms with Crippen LogP contribution in [-0.2, 0) is 0 Å². The molecule has 0 aliphatic carbocycles. The van der Waals surface area contributed by atoms with Crippen LogP contribution in [0.2, 0.25) is 0 Å². The molecule has 0 atom stereocenters. The van der Waals surface area contributed by atoms with Gasteiger partial charge in [-0.2, -0.15) is 0 Å². The maximum Gasteiger partial charge on any atom is 0.270 e. The van der Waals surface area contributed by atoms with Crippen molar-refractivity contribution in [3.8, 4) is 0 Å². The maximum atomic E-state index is 10.4. The highest BCUT2D eigenvalue weighted by Gasteiger charge is 2.06. The first kappa shape index (κ1) is 7.14. The Hall–Kier alpha value is -0.970. The summed E-state index contributed by atoms with van der Waals surface area (Å²) in [7, 11) is 0. The molecule has 0 saturated carbocycles. The number of aromatic nitrogens is 1. The standard InChI is InChI=1S/C5H6N2O2S/c1-10-4-2-3(5(6)8)7-9-4/h2H,1H3,(H2,6,8). The van der Waals surface area contributed by atoms with Crippen molar-refractivity contribution < 1.29 is 9.32 Å². The maximum absolute atomic E-state index is 10.4. The average Bonchev–Trinajstić information content (AvgIpc) is 2.34. The van der Waals surface area contributed by atoms with Crippen molar-refractivity contribution in [3.05, 3.63) is 11.8 Å². The van der Waals surface area contributed by atoms with Gasteiger partial charge in [0.15, 0.2) is 10.8 Å². The van der Waals surface area contributed by atoms with Crippen LogP contribution < -0.4 is 5.73 Å². The highest BCUT2D eigenvalue weighted by Crippen LogP contribution is 2.14. The van der Waals surface area contributed by atoms with Gasteiger partial charge in [0, 0.05) is 6.07 Å². The average molecular weight is 158 g/mol. The lowest BCUT2D eigenvalue weighted by atomic mass is 10.4. The molecule has 0 spiro atoms. The van der Waals surface area contributed by atoms with Gasteiger partial charge in [-0.05, 0) is 6.26 Å². The van der Waals surface area contributed by atoms with E-state index in [2.05, 4.69) is 9.68 Å². The Morgan fingerprint density at radius 3 is 2.90 bits per heavy atom. The third-order valence-electron chi connectivity index (χ3n) is 0.942. The van der Waals surface area contributed by atoms with Crippen LogP contribution in [0.25, 0.3) is 0 Å². The number of primary amides is 1. The van der Waals surface area contributed by atoms with E-state index in [1.807, 2.05) is 6.26 Å². The van der Waals surface area contributed by atoms with E-state index < -0.39 is 5.91 Å². The van der Waals surface area contributed by atoms with Crippen molar-refractivity contribution in [2.24, 2.45) is 5.73 Å². The first-order chi connectivity index (χ1) is 4.74. The molecule has 4 nitrogen and oxygen atoms in total. The molecule has 1 amide bonds. The minimum Gasteiger partial charge on any atom is -0.364 e. The fraction of sp³-hybridized carbons (Fsp3) is 0.200. The number of hydrogen-bond donors (Lipinski definition) is 1. The van der Waals surface area contributed by atoms with Gasteiger partial charge in [-0.15, -0.1) is 0 Å². The molecule has 0 radical (unpaired) electrons. The SMILES string of the molecule is CSc1cc(C(N)=O)no1. The molecular formula is C5H6N2O2S. The monoisotopic (exact) mass is 158 g/mol. The van der Waals surface area contributed by atoms with Crippen LogP contribution in [0.5, 0.6) is 0 Å². The van der Waals surface area contributed by atoms with E-state index in [-0.39, 0.29) is 5.69 Å². The zero-order chi connectivity index (χ0) is 7.56. The second kappa shape index (κ2) is 2.74. The number of hydrogen-bond acceptors (Lipinski definition) is 4. The second-order valence-corrected chi connectivity index (χ2v) is 2.41. The van der Waals surface area contributed by atoms with Crippen LogP contribution in [0.4, 0.5) is 0 Å². The lowest BCUT2D eigenvalue weighted by Crippen LogP contribution is -2.10. The third-order valence-corrected chi connectivity index (χ3v) is 1.54. The van der Waals surface area contributed by atoms with Gasteiger partial charge in [-0.1, -0.05) is 16.9 Å². The molecule has 0 aliphatic rings. The molecule has 5 heteroatoms. The molecule has 1 rings (SSSR count). The van der Waals surface area contributed by atoms with E-state index in [1.165, 1.54) is 17.8 Å². The molecule has 1 aromatic rings. The zero-order valence-electron chi connectivity index (χ0n) is 5.33. The van der Waals surface area contributed by atoms with Crippen LogP contribution in [0.1, 0.15) is 10.5 Å². The Morgan fingerprint density at radius 2 is 2.60 bits per heavy atom. The number of amides is 1. The molecule has 0 bridgehead atoms. The highest BCUT2D eigenvalue weighted by molar-refractivity contribution is 7.98. The molecule has 0 fully saturated rings. The fourth-order valence-corrected chi connectivity index (χ4v) is 0.812. The molecular weight excluding hydrogens is 152 g/mol. The van der Waals surface area contributed by atoms with Crippen LogP contribution in [0, 0.1) is 0 Å². The summed E-state index contributed by atoms with van der Waals surface area (Å²) in [6.07, 6.45) is 1.82. The molecule has 0 unspecified atom stereocenters. The molecule has 0 aliphatic heterocycles. The first-order valence-electron chi connectivity index (χ1n) is 2.54. The van der Waals surface area contributed by atoms with Gasteiger partial charge in [0.2, 0.25) is 0 Å². The van der Waals surface area contributed by atoms with Crippen molar-refractivity contribution in [2.75, 3.05) is 6.26 Å². The molecule has 0 saturated heterocycles. The van der Waals surface area contributed by atoms with E-state index in [4.69, 9.17) is 5.73 Å². The van der Waals surface area contributed by atoms with E-state index in [0.717, 1.165) is 0 Å². The number of nitrogens with two attached hydrogens (primary N) is 1. The van der Waals surface area contributed by atoms with Crippen molar-refractivity contribution in [2.45, 2.75) is 5.09 Å². The number of carbonyl (C=O) groups excluding carboxylic acids is 1. The Morgan fingerprint density at radius 1 is 1.90 bits per heavy atom. The van der Waals surface area contributed by atoms with E-state index in [1.54, 1.807) is 0 Å². The van der Waals surface area contributed by atoms with Crippen molar-refractivity contribution in [1.29, 1.82) is 0 Å². The van der Waals surface area contributed by atoms with Gasteiger partial charge >= 0.3 is 0 Å². The molecule has 0 aromatic carbocycles. The summed E-state index contributed by atoms with van der Waals surface area (Å²) in [5, 5.41) is 4.01. The predicted octanol–water partition coefficient (Wildman–Crippen LogP) is 0.495. The summed E-state index contributed by atoms with van der Waals surface area (Å²) < 4.78 is 4.69. The van der Waals surface area contributed by atoms with Gasteiger partial charge in [0.25, 0.3) is 5.91 Å². The fourth-order valence-electron chi connectivity index (χ4n) is 0.471. The number of rotatable bonds is 2. The lowest BCUT2D eigenvalue weighted by molar-refractivity contribution is 0.0991. The molecule has 1 heterocycles.